The highest BCUT2D eigenvalue weighted by Gasteiger charge is 2.13. The topological polar surface area (TPSA) is 9.23 Å². The number of halogens is 1. The van der Waals surface area contributed by atoms with Crippen LogP contribution in [0.3, 0.4) is 0 Å². The van der Waals surface area contributed by atoms with Crippen molar-refractivity contribution in [1.29, 1.82) is 0 Å². The third-order valence-electron chi connectivity index (χ3n) is 4.04. The quantitative estimate of drug-likeness (QED) is 0.383. The first-order valence-electron chi connectivity index (χ1n) is 7.97. The standard InChI is InChI=1S/C19H25BrO/c1-3-4-5-6-7-12-18(20)16-13-14-19(21-2)17-11-9-8-10-15(16)17/h8-11,13-14,18H,3-7,12H2,1-2H3. The summed E-state index contributed by atoms with van der Waals surface area (Å²) in [5.74, 6) is 0.956. The zero-order chi connectivity index (χ0) is 15.1. The van der Waals surface area contributed by atoms with Crippen LogP contribution in [0.4, 0.5) is 0 Å². The molecule has 0 aliphatic heterocycles. The van der Waals surface area contributed by atoms with Crippen LogP contribution >= 0.6 is 15.9 Å². The van der Waals surface area contributed by atoms with Gasteiger partial charge in [-0.05, 0) is 23.4 Å². The maximum absolute atomic E-state index is 5.47. The summed E-state index contributed by atoms with van der Waals surface area (Å²) < 4.78 is 5.47. The van der Waals surface area contributed by atoms with E-state index in [0.29, 0.717) is 4.83 Å². The first-order chi connectivity index (χ1) is 10.3. The van der Waals surface area contributed by atoms with Crippen molar-refractivity contribution in [1.82, 2.24) is 0 Å². The Balaban J connectivity index is 2.10. The van der Waals surface area contributed by atoms with Gasteiger partial charge in [0.05, 0.1) is 7.11 Å². The first kappa shape index (κ1) is 16.4. The van der Waals surface area contributed by atoms with Gasteiger partial charge in [-0.2, -0.15) is 0 Å². The Kier molecular flexibility index (Phi) is 6.56. The number of rotatable bonds is 8. The lowest BCUT2D eigenvalue weighted by atomic mass is 9.98. The second kappa shape index (κ2) is 8.43. The number of ether oxygens (including phenoxy) is 1. The van der Waals surface area contributed by atoms with E-state index in [-0.39, 0.29) is 0 Å². The minimum atomic E-state index is 0.426. The summed E-state index contributed by atoms with van der Waals surface area (Å²) in [6.45, 7) is 2.26. The van der Waals surface area contributed by atoms with Crippen molar-refractivity contribution >= 4 is 26.7 Å². The summed E-state index contributed by atoms with van der Waals surface area (Å²) in [7, 11) is 1.74. The van der Waals surface area contributed by atoms with Crippen LogP contribution in [0.5, 0.6) is 5.75 Å². The largest absolute Gasteiger partial charge is 0.496 e. The lowest BCUT2D eigenvalue weighted by Gasteiger charge is -2.15. The van der Waals surface area contributed by atoms with Crippen molar-refractivity contribution in [3.63, 3.8) is 0 Å². The van der Waals surface area contributed by atoms with Crippen LogP contribution in [0.2, 0.25) is 0 Å². The molecule has 2 rings (SSSR count). The number of unbranched alkanes of at least 4 members (excludes halogenated alkanes) is 4. The fourth-order valence-electron chi connectivity index (χ4n) is 2.83. The fourth-order valence-corrected chi connectivity index (χ4v) is 3.55. The molecule has 2 aromatic carbocycles. The van der Waals surface area contributed by atoms with Gasteiger partial charge in [0, 0.05) is 10.2 Å². The molecule has 114 valence electrons. The number of benzene rings is 2. The number of hydrogen-bond acceptors (Lipinski definition) is 1. The molecule has 0 aliphatic rings. The van der Waals surface area contributed by atoms with E-state index in [0.717, 1.165) is 5.75 Å². The van der Waals surface area contributed by atoms with E-state index < -0.39 is 0 Å². The predicted octanol–water partition coefficient (Wildman–Crippen LogP) is 6.64. The summed E-state index contributed by atoms with van der Waals surface area (Å²) >= 11 is 3.88. The molecule has 0 saturated heterocycles. The van der Waals surface area contributed by atoms with Crippen molar-refractivity contribution < 1.29 is 4.74 Å². The summed E-state index contributed by atoms with van der Waals surface area (Å²) in [6, 6.07) is 12.8. The van der Waals surface area contributed by atoms with Gasteiger partial charge in [-0.25, -0.2) is 0 Å². The predicted molar refractivity (Wildman–Crippen MR) is 95.5 cm³/mol. The highest BCUT2D eigenvalue weighted by molar-refractivity contribution is 9.09. The second-order valence-corrected chi connectivity index (χ2v) is 6.68. The maximum Gasteiger partial charge on any atom is 0.126 e. The van der Waals surface area contributed by atoms with E-state index in [9.17, 15) is 0 Å². The van der Waals surface area contributed by atoms with Gasteiger partial charge < -0.3 is 4.74 Å². The first-order valence-corrected chi connectivity index (χ1v) is 8.89. The van der Waals surface area contributed by atoms with Crippen LogP contribution < -0.4 is 4.74 Å². The molecule has 0 fully saturated rings. The van der Waals surface area contributed by atoms with Crippen molar-refractivity contribution in [3.05, 3.63) is 42.0 Å². The molecule has 0 aliphatic carbocycles. The molecule has 0 amide bonds. The van der Waals surface area contributed by atoms with Crippen LogP contribution in [0.15, 0.2) is 36.4 Å². The van der Waals surface area contributed by atoms with Gasteiger partial charge in [-0.3, -0.25) is 0 Å². The highest BCUT2D eigenvalue weighted by Crippen LogP contribution is 2.37. The smallest absolute Gasteiger partial charge is 0.126 e. The Labute approximate surface area is 136 Å². The Morgan fingerprint density at radius 2 is 1.67 bits per heavy atom. The SMILES string of the molecule is CCCCCCCC(Br)c1ccc(OC)c2ccccc12. The van der Waals surface area contributed by atoms with Crippen LogP contribution in [-0.2, 0) is 0 Å². The van der Waals surface area contributed by atoms with Crippen molar-refractivity contribution in [3.8, 4) is 5.75 Å². The maximum atomic E-state index is 5.47. The third kappa shape index (κ3) is 4.23. The van der Waals surface area contributed by atoms with Gasteiger partial charge in [0.1, 0.15) is 5.75 Å². The molecule has 0 saturated carbocycles. The van der Waals surface area contributed by atoms with Crippen molar-refractivity contribution in [2.45, 2.75) is 50.3 Å². The van der Waals surface area contributed by atoms with Gasteiger partial charge in [0.2, 0.25) is 0 Å². The minimum absolute atomic E-state index is 0.426. The van der Waals surface area contributed by atoms with Crippen LogP contribution in [0, 0.1) is 0 Å². The molecule has 0 spiro atoms. The lowest BCUT2D eigenvalue weighted by Crippen LogP contribution is -1.94. The summed E-state index contributed by atoms with van der Waals surface area (Å²) in [5, 5.41) is 2.50. The number of alkyl halides is 1. The molecule has 1 nitrogen and oxygen atoms in total. The van der Waals surface area contributed by atoms with Crippen LogP contribution in [-0.4, -0.2) is 7.11 Å². The van der Waals surface area contributed by atoms with E-state index in [1.54, 1.807) is 7.11 Å². The molecule has 1 unspecified atom stereocenters. The van der Waals surface area contributed by atoms with Crippen LogP contribution in [0.25, 0.3) is 10.8 Å². The molecule has 0 aromatic heterocycles. The van der Waals surface area contributed by atoms with E-state index in [1.165, 1.54) is 54.9 Å². The highest BCUT2D eigenvalue weighted by atomic mass is 79.9. The molecular formula is C19H25BrO. The Morgan fingerprint density at radius 3 is 2.38 bits per heavy atom. The van der Waals surface area contributed by atoms with Gasteiger partial charge in [-0.1, -0.05) is 85.3 Å². The average molecular weight is 349 g/mol. The summed E-state index contributed by atoms with van der Waals surface area (Å²) in [4.78, 5) is 0.426. The summed E-state index contributed by atoms with van der Waals surface area (Å²) in [6.07, 6.45) is 7.85. The zero-order valence-corrected chi connectivity index (χ0v) is 14.7. The van der Waals surface area contributed by atoms with Gasteiger partial charge in [0.25, 0.3) is 0 Å². The molecule has 0 N–H and O–H groups in total. The summed E-state index contributed by atoms with van der Waals surface area (Å²) in [5.41, 5.74) is 1.38. The number of fused-ring (bicyclic) bond motifs is 1. The second-order valence-electron chi connectivity index (χ2n) is 5.57. The van der Waals surface area contributed by atoms with Crippen LogP contribution in [0.1, 0.15) is 55.8 Å². The number of methoxy groups -OCH3 is 1. The molecular weight excluding hydrogens is 324 g/mol. The zero-order valence-electron chi connectivity index (χ0n) is 13.1. The van der Waals surface area contributed by atoms with Gasteiger partial charge in [-0.15, -0.1) is 0 Å². The third-order valence-corrected chi connectivity index (χ3v) is 4.99. The Bertz CT molecular complexity index is 564. The molecule has 21 heavy (non-hydrogen) atoms. The Morgan fingerprint density at radius 1 is 0.952 bits per heavy atom. The molecule has 0 bridgehead atoms. The van der Waals surface area contributed by atoms with Crippen molar-refractivity contribution in [2.75, 3.05) is 7.11 Å². The van der Waals surface area contributed by atoms with Crippen molar-refractivity contribution in [2.24, 2.45) is 0 Å². The lowest BCUT2D eigenvalue weighted by molar-refractivity contribution is 0.419. The average Bonchev–Trinajstić information content (AvgIpc) is 2.53. The molecule has 2 heteroatoms. The van der Waals surface area contributed by atoms with E-state index >= 15 is 0 Å². The molecule has 2 aromatic rings. The molecule has 0 radical (unpaired) electrons. The van der Waals surface area contributed by atoms with E-state index in [4.69, 9.17) is 4.74 Å². The molecule has 0 heterocycles. The monoisotopic (exact) mass is 348 g/mol. The van der Waals surface area contributed by atoms with E-state index in [1.807, 2.05) is 0 Å². The van der Waals surface area contributed by atoms with Gasteiger partial charge >= 0.3 is 0 Å². The van der Waals surface area contributed by atoms with Gasteiger partial charge in [0.15, 0.2) is 0 Å². The number of hydrogen-bond donors (Lipinski definition) is 0. The normalized spacial score (nSPS) is 12.5. The van der Waals surface area contributed by atoms with E-state index in [2.05, 4.69) is 59.3 Å². The minimum Gasteiger partial charge on any atom is -0.496 e. The fraction of sp³-hybridized carbons (Fsp3) is 0.474. The Hall–Kier alpha value is -1.02. The molecule has 1 atom stereocenters.